The first-order chi connectivity index (χ1) is 9.95. The Morgan fingerprint density at radius 1 is 1.48 bits per heavy atom. The molecule has 0 amide bonds. The van der Waals surface area contributed by atoms with Gasteiger partial charge in [-0.05, 0) is 25.2 Å². The molecule has 0 aromatic carbocycles. The molecule has 3 rings (SSSR count). The molecule has 0 spiro atoms. The molecule has 1 aliphatic carbocycles. The molecule has 116 valence electrons. The summed E-state index contributed by atoms with van der Waals surface area (Å²) in [4.78, 5) is 10.6. The largest absolute Gasteiger partial charge is 0.480 e. The Morgan fingerprint density at radius 2 is 2.24 bits per heavy atom. The molecule has 1 saturated heterocycles. The first kappa shape index (κ1) is 14.5. The van der Waals surface area contributed by atoms with Gasteiger partial charge in [0.15, 0.2) is 0 Å². The zero-order valence-corrected chi connectivity index (χ0v) is 12.1. The van der Waals surface area contributed by atoms with E-state index in [1.807, 2.05) is 0 Å². The van der Waals surface area contributed by atoms with Gasteiger partial charge in [0.25, 0.3) is 0 Å². The Balaban J connectivity index is 1.71. The van der Waals surface area contributed by atoms with E-state index in [9.17, 15) is 13.2 Å². The lowest BCUT2D eigenvalue weighted by atomic mass is 10.1. The minimum absolute atomic E-state index is 0.0230. The molecular formula is C12H17N3O5S. The van der Waals surface area contributed by atoms with E-state index in [1.54, 1.807) is 0 Å². The normalized spacial score (nSPS) is 26.1. The number of aliphatic carboxylic acids is 1. The lowest BCUT2D eigenvalue weighted by molar-refractivity contribution is -0.137. The zero-order valence-electron chi connectivity index (χ0n) is 11.3. The summed E-state index contributed by atoms with van der Waals surface area (Å²) < 4.78 is 34.0. The molecule has 9 heteroatoms. The van der Waals surface area contributed by atoms with Crippen molar-refractivity contribution in [2.75, 3.05) is 6.61 Å². The zero-order chi connectivity index (χ0) is 15.0. The van der Waals surface area contributed by atoms with E-state index in [0.717, 1.165) is 23.7 Å². The van der Waals surface area contributed by atoms with E-state index in [4.69, 9.17) is 9.84 Å². The van der Waals surface area contributed by atoms with Crippen LogP contribution in [0.15, 0.2) is 17.3 Å². The summed E-state index contributed by atoms with van der Waals surface area (Å²) in [5.41, 5.74) is 0. The summed E-state index contributed by atoms with van der Waals surface area (Å²) in [5, 5.41) is 12.4. The van der Waals surface area contributed by atoms with Crippen LogP contribution in [0.1, 0.15) is 19.3 Å². The smallest absolute Gasteiger partial charge is 0.325 e. The van der Waals surface area contributed by atoms with E-state index >= 15 is 0 Å². The number of rotatable bonds is 6. The number of ether oxygens (including phenoxy) is 1. The van der Waals surface area contributed by atoms with Gasteiger partial charge in [-0.2, -0.15) is 5.10 Å². The number of nitrogens with one attached hydrogen (secondary N) is 1. The number of hydrogen-bond acceptors (Lipinski definition) is 5. The molecule has 0 bridgehead atoms. The van der Waals surface area contributed by atoms with Gasteiger partial charge in [-0.15, -0.1) is 0 Å². The van der Waals surface area contributed by atoms with E-state index < -0.39 is 16.0 Å². The van der Waals surface area contributed by atoms with Crippen LogP contribution >= 0.6 is 0 Å². The molecule has 1 aromatic heterocycles. The fourth-order valence-electron chi connectivity index (χ4n) is 2.60. The van der Waals surface area contributed by atoms with Crippen molar-refractivity contribution >= 4 is 16.0 Å². The van der Waals surface area contributed by atoms with Gasteiger partial charge in [-0.25, -0.2) is 13.1 Å². The van der Waals surface area contributed by atoms with Crippen LogP contribution in [-0.2, 0) is 26.1 Å². The maximum absolute atomic E-state index is 12.3. The monoisotopic (exact) mass is 315 g/mol. The van der Waals surface area contributed by atoms with Gasteiger partial charge < -0.3 is 9.84 Å². The lowest BCUT2D eigenvalue weighted by Gasteiger charge is -2.18. The highest BCUT2D eigenvalue weighted by Crippen LogP contribution is 2.39. The fraction of sp³-hybridized carbons (Fsp3) is 0.667. The van der Waals surface area contributed by atoms with Crippen molar-refractivity contribution in [3.63, 3.8) is 0 Å². The predicted molar refractivity (Wildman–Crippen MR) is 71.1 cm³/mol. The predicted octanol–water partition coefficient (Wildman–Crippen LogP) is -0.187. The standard InChI is InChI=1S/C12H17N3O5S/c16-11(17)7-15-6-9(5-13-15)21(18,19)14-10-3-4-20-12(10)8-1-2-8/h5-6,8,10,12,14H,1-4,7H2,(H,16,17). The highest BCUT2D eigenvalue weighted by Gasteiger charge is 2.42. The Bertz CT molecular complexity index is 637. The average Bonchev–Trinajstić information content (AvgIpc) is 2.94. The number of carboxylic acids is 1. The average molecular weight is 315 g/mol. The Labute approximate surface area is 122 Å². The molecule has 2 heterocycles. The van der Waals surface area contributed by atoms with Crippen LogP contribution < -0.4 is 4.72 Å². The van der Waals surface area contributed by atoms with Crippen molar-refractivity contribution in [3.05, 3.63) is 12.4 Å². The molecule has 0 radical (unpaired) electrons. The van der Waals surface area contributed by atoms with Crippen molar-refractivity contribution in [3.8, 4) is 0 Å². The Hall–Kier alpha value is -1.45. The van der Waals surface area contributed by atoms with Crippen LogP contribution in [0.5, 0.6) is 0 Å². The molecule has 2 unspecified atom stereocenters. The van der Waals surface area contributed by atoms with E-state index in [2.05, 4.69) is 9.82 Å². The molecule has 21 heavy (non-hydrogen) atoms. The van der Waals surface area contributed by atoms with Gasteiger partial charge in [0.05, 0.1) is 18.3 Å². The van der Waals surface area contributed by atoms with Crippen LogP contribution in [0.4, 0.5) is 0 Å². The molecule has 8 nitrogen and oxygen atoms in total. The van der Waals surface area contributed by atoms with E-state index in [0.29, 0.717) is 18.9 Å². The van der Waals surface area contributed by atoms with E-state index in [-0.39, 0.29) is 23.6 Å². The summed E-state index contributed by atoms with van der Waals surface area (Å²) in [7, 11) is -3.70. The second kappa shape index (κ2) is 5.39. The molecule has 2 aliphatic rings. The fourth-order valence-corrected chi connectivity index (χ4v) is 3.84. The van der Waals surface area contributed by atoms with Crippen LogP contribution in [0.25, 0.3) is 0 Å². The van der Waals surface area contributed by atoms with Gasteiger partial charge in [0, 0.05) is 12.8 Å². The Kier molecular flexibility index (Phi) is 3.72. The second-order valence-electron chi connectivity index (χ2n) is 5.46. The second-order valence-corrected chi connectivity index (χ2v) is 7.17. The van der Waals surface area contributed by atoms with Gasteiger partial charge in [0.2, 0.25) is 10.0 Å². The third-order valence-electron chi connectivity index (χ3n) is 3.75. The molecule has 1 aliphatic heterocycles. The first-order valence-electron chi connectivity index (χ1n) is 6.84. The number of sulfonamides is 1. The summed E-state index contributed by atoms with van der Waals surface area (Å²) in [6, 6.07) is -0.217. The minimum atomic E-state index is -3.70. The maximum Gasteiger partial charge on any atom is 0.325 e. The first-order valence-corrected chi connectivity index (χ1v) is 8.32. The van der Waals surface area contributed by atoms with Crippen LogP contribution in [0.3, 0.4) is 0 Å². The molecule has 1 saturated carbocycles. The highest BCUT2D eigenvalue weighted by atomic mass is 32.2. The molecule has 1 aromatic rings. The van der Waals surface area contributed by atoms with Crippen molar-refractivity contribution in [1.82, 2.24) is 14.5 Å². The highest BCUT2D eigenvalue weighted by molar-refractivity contribution is 7.89. The van der Waals surface area contributed by atoms with E-state index in [1.165, 1.54) is 6.20 Å². The molecule has 2 atom stereocenters. The van der Waals surface area contributed by atoms with Crippen molar-refractivity contribution in [1.29, 1.82) is 0 Å². The van der Waals surface area contributed by atoms with Crippen LogP contribution in [0.2, 0.25) is 0 Å². The van der Waals surface area contributed by atoms with Gasteiger partial charge >= 0.3 is 5.97 Å². The number of nitrogens with zero attached hydrogens (tertiary/aromatic N) is 2. The van der Waals surface area contributed by atoms with Crippen molar-refractivity contribution in [2.24, 2.45) is 5.92 Å². The number of aromatic nitrogens is 2. The van der Waals surface area contributed by atoms with Crippen molar-refractivity contribution in [2.45, 2.75) is 42.8 Å². The molecular weight excluding hydrogens is 298 g/mol. The van der Waals surface area contributed by atoms with Gasteiger partial charge in [0.1, 0.15) is 11.4 Å². The topological polar surface area (TPSA) is 111 Å². The summed E-state index contributed by atoms with van der Waals surface area (Å²) in [6.07, 6.45) is 5.16. The summed E-state index contributed by atoms with van der Waals surface area (Å²) in [6.45, 7) is 0.194. The van der Waals surface area contributed by atoms with Crippen LogP contribution in [0, 0.1) is 5.92 Å². The van der Waals surface area contributed by atoms with Crippen LogP contribution in [-0.4, -0.2) is 48.0 Å². The number of carboxylic acid groups (broad SMARTS) is 1. The minimum Gasteiger partial charge on any atom is -0.480 e. The quantitative estimate of drug-likeness (QED) is 0.753. The summed E-state index contributed by atoms with van der Waals surface area (Å²) >= 11 is 0. The van der Waals surface area contributed by atoms with Gasteiger partial charge in [-0.1, -0.05) is 0 Å². The van der Waals surface area contributed by atoms with Crippen molar-refractivity contribution < 1.29 is 23.1 Å². The third-order valence-corrected chi connectivity index (χ3v) is 5.19. The number of hydrogen-bond donors (Lipinski definition) is 2. The van der Waals surface area contributed by atoms with Gasteiger partial charge in [-0.3, -0.25) is 9.48 Å². The third kappa shape index (κ3) is 3.25. The molecule has 2 fully saturated rings. The lowest BCUT2D eigenvalue weighted by Crippen LogP contribution is -2.41. The summed E-state index contributed by atoms with van der Waals surface area (Å²) in [5.74, 6) is -0.622. The number of carbonyl (C=O) groups is 1. The maximum atomic E-state index is 12.3. The SMILES string of the molecule is O=C(O)Cn1cc(S(=O)(=O)NC2CCOC2C2CC2)cn1. The Morgan fingerprint density at radius 3 is 2.90 bits per heavy atom. The molecule has 2 N–H and O–H groups in total.